The van der Waals surface area contributed by atoms with Crippen LogP contribution in [0, 0.1) is 0 Å². The number of ether oxygens (including phenoxy) is 2. The maximum Gasteiger partial charge on any atom is 0.121 e. The van der Waals surface area contributed by atoms with Crippen molar-refractivity contribution in [1.82, 2.24) is 14.5 Å². The van der Waals surface area contributed by atoms with E-state index in [1.807, 2.05) is 36.7 Å². The van der Waals surface area contributed by atoms with Gasteiger partial charge in [-0.3, -0.25) is 9.47 Å². The van der Waals surface area contributed by atoms with Gasteiger partial charge in [0.05, 0.1) is 30.9 Å². The molecule has 28 heavy (non-hydrogen) atoms. The summed E-state index contributed by atoms with van der Waals surface area (Å²) in [6.07, 6.45) is 4.09. The molecule has 0 aliphatic carbocycles. The number of nitrogens with zero attached hydrogens (tertiary/aromatic N) is 3. The lowest BCUT2D eigenvalue weighted by Crippen LogP contribution is -2.36. The van der Waals surface area contributed by atoms with Crippen LogP contribution in [-0.4, -0.2) is 53.9 Å². The van der Waals surface area contributed by atoms with Crippen molar-refractivity contribution in [2.24, 2.45) is 0 Å². The Morgan fingerprint density at radius 2 is 1.75 bits per heavy atom. The molecule has 0 atom stereocenters. The molecule has 2 aromatic carbocycles. The maximum absolute atomic E-state index is 5.93. The summed E-state index contributed by atoms with van der Waals surface area (Å²) in [5.41, 5.74) is 3.17. The molecule has 0 spiro atoms. The fourth-order valence-electron chi connectivity index (χ4n) is 3.33. The van der Waals surface area contributed by atoms with Gasteiger partial charge in [0.1, 0.15) is 12.1 Å². The Labute approximate surface area is 178 Å². The van der Waals surface area contributed by atoms with E-state index in [-0.39, 0.29) is 24.8 Å². The van der Waals surface area contributed by atoms with Crippen molar-refractivity contribution in [2.45, 2.75) is 12.8 Å². The molecule has 0 amide bonds. The van der Waals surface area contributed by atoms with Crippen LogP contribution in [0.5, 0.6) is 5.75 Å². The fraction of sp³-hybridized carbons (Fsp3) is 0.381. The van der Waals surface area contributed by atoms with Crippen molar-refractivity contribution >= 4 is 35.8 Å². The summed E-state index contributed by atoms with van der Waals surface area (Å²) in [6.45, 7) is 5.73. The van der Waals surface area contributed by atoms with Crippen LogP contribution in [0.25, 0.3) is 16.7 Å². The molecular weight excluding hydrogens is 397 g/mol. The third kappa shape index (κ3) is 5.61. The van der Waals surface area contributed by atoms with Gasteiger partial charge < -0.3 is 9.47 Å². The van der Waals surface area contributed by atoms with Gasteiger partial charge in [0, 0.05) is 24.8 Å². The van der Waals surface area contributed by atoms with E-state index in [1.54, 1.807) is 0 Å². The largest absolute Gasteiger partial charge is 0.494 e. The Bertz CT molecular complexity index is 836. The first-order valence-electron chi connectivity index (χ1n) is 9.35. The molecule has 5 nitrogen and oxygen atoms in total. The average Bonchev–Trinajstić information content (AvgIpc) is 3.12. The predicted octanol–water partition coefficient (Wildman–Crippen LogP) is 4.36. The summed E-state index contributed by atoms with van der Waals surface area (Å²) < 4.78 is 13.4. The van der Waals surface area contributed by atoms with Crippen molar-refractivity contribution in [1.29, 1.82) is 0 Å². The Hall–Kier alpha value is -1.79. The van der Waals surface area contributed by atoms with Crippen LogP contribution < -0.4 is 4.74 Å². The molecule has 1 aromatic heterocycles. The van der Waals surface area contributed by atoms with Gasteiger partial charge in [-0.15, -0.1) is 24.8 Å². The Kier molecular flexibility index (Phi) is 9.06. The molecule has 2 heterocycles. The zero-order valence-corrected chi connectivity index (χ0v) is 17.5. The Morgan fingerprint density at radius 3 is 2.54 bits per heavy atom. The van der Waals surface area contributed by atoms with E-state index < -0.39 is 0 Å². The number of aromatic nitrogens is 2. The molecule has 1 aliphatic heterocycles. The lowest BCUT2D eigenvalue weighted by atomic mass is 10.2. The molecule has 7 heteroatoms. The lowest BCUT2D eigenvalue weighted by molar-refractivity contribution is 0.0368. The highest BCUT2D eigenvalue weighted by atomic mass is 35.5. The van der Waals surface area contributed by atoms with Gasteiger partial charge in [0.15, 0.2) is 0 Å². The van der Waals surface area contributed by atoms with Crippen molar-refractivity contribution in [3.63, 3.8) is 0 Å². The highest BCUT2D eigenvalue weighted by molar-refractivity contribution is 5.85. The first-order chi connectivity index (χ1) is 12.9. The third-order valence-electron chi connectivity index (χ3n) is 4.79. The number of unbranched alkanes of at least 4 members (excludes halogenated alkanes) is 1. The van der Waals surface area contributed by atoms with E-state index in [0.717, 1.165) is 74.8 Å². The van der Waals surface area contributed by atoms with Gasteiger partial charge in [-0.1, -0.05) is 18.2 Å². The number of fused-ring (bicyclic) bond motifs is 1. The highest BCUT2D eigenvalue weighted by Gasteiger charge is 2.09. The maximum atomic E-state index is 5.93. The zero-order valence-electron chi connectivity index (χ0n) is 15.8. The molecule has 3 aromatic rings. The minimum atomic E-state index is 0. The van der Waals surface area contributed by atoms with Crippen LogP contribution in [0.3, 0.4) is 0 Å². The summed E-state index contributed by atoms with van der Waals surface area (Å²) >= 11 is 0. The molecule has 0 bridgehead atoms. The molecule has 4 rings (SSSR count). The molecule has 0 unspecified atom stereocenters. The first-order valence-corrected chi connectivity index (χ1v) is 9.35. The second kappa shape index (κ2) is 11.3. The van der Waals surface area contributed by atoms with Crippen molar-refractivity contribution in [3.8, 4) is 11.4 Å². The van der Waals surface area contributed by atoms with Crippen molar-refractivity contribution < 1.29 is 9.47 Å². The van der Waals surface area contributed by atoms with Crippen LogP contribution in [0.15, 0.2) is 54.9 Å². The zero-order chi connectivity index (χ0) is 17.6. The van der Waals surface area contributed by atoms with E-state index in [9.17, 15) is 0 Å². The van der Waals surface area contributed by atoms with Gasteiger partial charge in [-0.2, -0.15) is 0 Å². The van der Waals surface area contributed by atoms with Gasteiger partial charge in [-0.25, -0.2) is 4.98 Å². The third-order valence-corrected chi connectivity index (χ3v) is 4.79. The Morgan fingerprint density at radius 1 is 0.964 bits per heavy atom. The number of rotatable bonds is 7. The number of hydrogen-bond donors (Lipinski definition) is 0. The van der Waals surface area contributed by atoms with Crippen molar-refractivity contribution in [2.75, 3.05) is 39.5 Å². The quantitative estimate of drug-likeness (QED) is 0.529. The number of para-hydroxylation sites is 1. The smallest absolute Gasteiger partial charge is 0.121 e. The first kappa shape index (κ1) is 22.5. The van der Waals surface area contributed by atoms with E-state index >= 15 is 0 Å². The Balaban J connectivity index is 0.00000140. The van der Waals surface area contributed by atoms with Crippen LogP contribution in [0.1, 0.15) is 12.8 Å². The van der Waals surface area contributed by atoms with E-state index in [2.05, 4.69) is 32.7 Å². The summed E-state index contributed by atoms with van der Waals surface area (Å²) in [7, 11) is 0. The predicted molar refractivity (Wildman–Crippen MR) is 118 cm³/mol. The molecule has 152 valence electrons. The molecular formula is C21H27Cl2N3O2. The molecule has 0 saturated carbocycles. The fourth-order valence-corrected chi connectivity index (χ4v) is 3.33. The van der Waals surface area contributed by atoms with Crippen LogP contribution in [0.4, 0.5) is 0 Å². The average molecular weight is 424 g/mol. The van der Waals surface area contributed by atoms with Gasteiger partial charge in [-0.05, 0) is 43.7 Å². The molecule has 1 saturated heterocycles. The summed E-state index contributed by atoms with van der Waals surface area (Å²) in [4.78, 5) is 6.99. The SMILES string of the molecule is Cl.Cl.c1ccc(-n2cnc3cc(OCCCCN4CCOCC4)ccc32)cc1. The minimum absolute atomic E-state index is 0. The van der Waals surface area contributed by atoms with E-state index in [0.29, 0.717) is 0 Å². The molecule has 0 radical (unpaired) electrons. The highest BCUT2D eigenvalue weighted by Crippen LogP contribution is 2.22. The number of benzene rings is 2. The standard InChI is InChI=1S/C21H25N3O2.2ClH/c1-2-6-18(7-3-1)24-17-22-20-16-19(8-9-21(20)24)26-13-5-4-10-23-11-14-25-15-12-23;;/h1-3,6-9,16-17H,4-5,10-15H2;2*1H. The van der Waals surface area contributed by atoms with Crippen LogP contribution >= 0.6 is 24.8 Å². The number of imidazole rings is 1. The molecule has 0 N–H and O–H groups in total. The van der Waals surface area contributed by atoms with Gasteiger partial charge in [0.25, 0.3) is 0 Å². The molecule has 1 aliphatic rings. The summed E-state index contributed by atoms with van der Waals surface area (Å²) in [6, 6.07) is 16.4. The van der Waals surface area contributed by atoms with E-state index in [1.165, 1.54) is 0 Å². The van der Waals surface area contributed by atoms with Crippen LogP contribution in [0.2, 0.25) is 0 Å². The second-order valence-electron chi connectivity index (χ2n) is 6.61. The monoisotopic (exact) mass is 423 g/mol. The summed E-state index contributed by atoms with van der Waals surface area (Å²) in [5, 5.41) is 0. The minimum Gasteiger partial charge on any atom is -0.494 e. The van der Waals surface area contributed by atoms with E-state index in [4.69, 9.17) is 9.47 Å². The number of hydrogen-bond acceptors (Lipinski definition) is 4. The lowest BCUT2D eigenvalue weighted by Gasteiger charge is -2.26. The normalized spacial score (nSPS) is 14.3. The van der Waals surface area contributed by atoms with Gasteiger partial charge >= 0.3 is 0 Å². The number of morpholine rings is 1. The topological polar surface area (TPSA) is 39.5 Å². The second-order valence-corrected chi connectivity index (χ2v) is 6.61. The number of halogens is 2. The summed E-state index contributed by atoms with van der Waals surface area (Å²) in [5.74, 6) is 0.891. The van der Waals surface area contributed by atoms with Crippen LogP contribution in [-0.2, 0) is 4.74 Å². The van der Waals surface area contributed by atoms with Gasteiger partial charge in [0.2, 0.25) is 0 Å². The van der Waals surface area contributed by atoms with Crippen molar-refractivity contribution in [3.05, 3.63) is 54.9 Å². The molecule has 1 fully saturated rings.